The highest BCUT2D eigenvalue weighted by atomic mass is 16.6. The number of anilines is 1. The first-order chi connectivity index (χ1) is 17.1. The number of carbonyl (C=O) groups is 3. The second-order valence-electron chi connectivity index (χ2n) is 10.5. The molecule has 3 aliphatic heterocycles. The molecule has 3 fully saturated rings. The molecule has 1 aromatic carbocycles. The van der Waals surface area contributed by atoms with Crippen LogP contribution in [0.1, 0.15) is 37.8 Å². The third kappa shape index (κ3) is 3.78. The number of esters is 1. The van der Waals surface area contributed by atoms with E-state index in [1.165, 1.54) is 11.0 Å². The summed E-state index contributed by atoms with van der Waals surface area (Å²) in [6, 6.07) is 4.22. The van der Waals surface area contributed by atoms with Crippen LogP contribution in [-0.4, -0.2) is 70.8 Å². The van der Waals surface area contributed by atoms with Crippen molar-refractivity contribution < 1.29 is 29.0 Å². The predicted octanol–water partition coefficient (Wildman–Crippen LogP) is 2.70. The van der Waals surface area contributed by atoms with Crippen molar-refractivity contribution in [1.82, 2.24) is 4.90 Å². The number of hydrogen-bond donors (Lipinski definition) is 1. The van der Waals surface area contributed by atoms with Gasteiger partial charge in [-0.15, -0.1) is 6.58 Å². The molecule has 6 atom stereocenters. The Balaban J connectivity index is 1.83. The molecule has 194 valence electrons. The molecule has 8 nitrogen and oxygen atoms in total. The Morgan fingerprint density at radius 1 is 1.31 bits per heavy atom. The molecular weight excluding hydrogens is 460 g/mol. The minimum Gasteiger partial charge on any atom is -0.461 e. The van der Waals surface area contributed by atoms with Crippen molar-refractivity contribution in [1.29, 1.82) is 0 Å². The van der Waals surface area contributed by atoms with E-state index in [1.807, 2.05) is 39.0 Å². The maximum Gasteiger partial charge on any atom is 0.313 e. The Kier molecular flexibility index (Phi) is 6.88. The number of nitrogens with zero attached hydrogens (tertiary/aromatic N) is 2. The van der Waals surface area contributed by atoms with Crippen molar-refractivity contribution in [2.45, 2.75) is 63.8 Å². The summed E-state index contributed by atoms with van der Waals surface area (Å²) in [5.41, 5.74) is 0.511. The lowest BCUT2D eigenvalue weighted by molar-refractivity contribution is -0.159. The molecule has 2 amide bonds. The van der Waals surface area contributed by atoms with E-state index in [9.17, 15) is 19.5 Å². The topological polar surface area (TPSA) is 96.4 Å². The van der Waals surface area contributed by atoms with Gasteiger partial charge in [0.25, 0.3) is 5.91 Å². The molecular formula is C28H36N2O6. The Morgan fingerprint density at radius 3 is 2.67 bits per heavy atom. The number of likely N-dealkylation sites (tertiary alicyclic amines) is 1. The van der Waals surface area contributed by atoms with E-state index in [2.05, 4.69) is 13.2 Å². The van der Waals surface area contributed by atoms with E-state index in [-0.39, 0.29) is 31.6 Å². The standard InChI is InChI=1S/C28H36N2O6/c1-7-13-29(20-15-17(3)9-10-18(20)4)25(33)23-28-12-11-27(6,36-28)22(26(34)35-14-8-2)21(28)24(32)30(23)19(5)16-31/h7-10,15,19,21-23,31H,1-2,11-14,16H2,3-6H3/t19-,21+,22+,23?,27-,28?/m1/s1. The summed E-state index contributed by atoms with van der Waals surface area (Å²) in [7, 11) is 0. The summed E-state index contributed by atoms with van der Waals surface area (Å²) in [6.07, 6.45) is 4.09. The summed E-state index contributed by atoms with van der Waals surface area (Å²) in [6.45, 7) is 14.8. The van der Waals surface area contributed by atoms with Gasteiger partial charge in [-0.1, -0.05) is 30.9 Å². The molecule has 2 unspecified atom stereocenters. The first-order valence-electron chi connectivity index (χ1n) is 12.5. The van der Waals surface area contributed by atoms with Gasteiger partial charge in [0.05, 0.1) is 24.2 Å². The van der Waals surface area contributed by atoms with Gasteiger partial charge in [-0.05, 0) is 57.7 Å². The fourth-order valence-electron chi connectivity index (χ4n) is 6.39. The van der Waals surface area contributed by atoms with Gasteiger partial charge >= 0.3 is 5.97 Å². The van der Waals surface area contributed by atoms with Crippen molar-refractivity contribution in [3.05, 3.63) is 54.6 Å². The van der Waals surface area contributed by atoms with Crippen LogP contribution in [0.5, 0.6) is 0 Å². The van der Waals surface area contributed by atoms with E-state index < -0.39 is 41.1 Å². The van der Waals surface area contributed by atoms with E-state index in [4.69, 9.17) is 9.47 Å². The number of carbonyl (C=O) groups excluding carboxylic acids is 3. The number of ether oxygens (including phenoxy) is 2. The fraction of sp³-hybridized carbons (Fsp3) is 0.536. The van der Waals surface area contributed by atoms with Crippen LogP contribution < -0.4 is 4.90 Å². The molecule has 0 aromatic heterocycles. The zero-order valence-corrected chi connectivity index (χ0v) is 21.5. The lowest BCUT2D eigenvalue weighted by Crippen LogP contribution is -2.58. The van der Waals surface area contributed by atoms with Gasteiger partial charge in [0.2, 0.25) is 5.91 Å². The van der Waals surface area contributed by atoms with Crippen molar-refractivity contribution >= 4 is 23.5 Å². The Bertz CT molecular complexity index is 1100. The second-order valence-corrected chi connectivity index (χ2v) is 10.5. The Hall–Kier alpha value is -2.97. The van der Waals surface area contributed by atoms with Crippen LogP contribution in [0.2, 0.25) is 0 Å². The summed E-state index contributed by atoms with van der Waals surface area (Å²) in [5.74, 6) is -2.93. The molecule has 0 radical (unpaired) electrons. The fourth-order valence-corrected chi connectivity index (χ4v) is 6.39. The molecule has 0 saturated carbocycles. The van der Waals surface area contributed by atoms with E-state index in [0.717, 1.165) is 16.8 Å². The second kappa shape index (κ2) is 9.48. The quantitative estimate of drug-likeness (QED) is 0.417. The molecule has 1 spiro atoms. The summed E-state index contributed by atoms with van der Waals surface area (Å²) < 4.78 is 12.0. The average molecular weight is 497 g/mol. The summed E-state index contributed by atoms with van der Waals surface area (Å²) in [4.78, 5) is 44.7. The van der Waals surface area contributed by atoms with Crippen molar-refractivity contribution in [3.8, 4) is 0 Å². The highest BCUT2D eigenvalue weighted by Crippen LogP contribution is 2.63. The highest BCUT2D eigenvalue weighted by molar-refractivity contribution is 6.05. The zero-order valence-electron chi connectivity index (χ0n) is 21.5. The van der Waals surface area contributed by atoms with Gasteiger partial charge < -0.3 is 24.4 Å². The van der Waals surface area contributed by atoms with Crippen LogP contribution >= 0.6 is 0 Å². The van der Waals surface area contributed by atoms with Crippen LogP contribution in [0.3, 0.4) is 0 Å². The van der Waals surface area contributed by atoms with Crippen LogP contribution in [0.4, 0.5) is 5.69 Å². The SMILES string of the molecule is C=CCOC(=O)[C@@H]1[C@H]2C(=O)N([C@H](C)CO)C(C(=O)N(CC=C)c3cc(C)ccc3C)C23CC[C@@]1(C)O3. The van der Waals surface area contributed by atoms with Crippen molar-refractivity contribution in [2.24, 2.45) is 11.8 Å². The first-order valence-corrected chi connectivity index (χ1v) is 12.5. The molecule has 1 N–H and O–H groups in total. The number of aliphatic hydroxyl groups excluding tert-OH is 1. The molecule has 3 aliphatic rings. The van der Waals surface area contributed by atoms with Crippen molar-refractivity contribution in [3.63, 3.8) is 0 Å². The molecule has 4 rings (SSSR count). The minimum absolute atomic E-state index is 0.0260. The molecule has 2 bridgehead atoms. The number of aliphatic hydroxyl groups is 1. The number of fused-ring (bicyclic) bond motifs is 1. The Morgan fingerprint density at radius 2 is 2.03 bits per heavy atom. The van der Waals surface area contributed by atoms with Crippen LogP contribution in [0, 0.1) is 25.7 Å². The van der Waals surface area contributed by atoms with Gasteiger partial charge in [0.15, 0.2) is 0 Å². The van der Waals surface area contributed by atoms with Gasteiger partial charge in [0, 0.05) is 12.2 Å². The summed E-state index contributed by atoms with van der Waals surface area (Å²) >= 11 is 0. The molecule has 0 aliphatic carbocycles. The van der Waals surface area contributed by atoms with Gasteiger partial charge in [-0.25, -0.2) is 0 Å². The van der Waals surface area contributed by atoms with Gasteiger partial charge in [0.1, 0.15) is 24.2 Å². The molecule has 3 heterocycles. The minimum atomic E-state index is -1.19. The first kappa shape index (κ1) is 26.1. The van der Waals surface area contributed by atoms with Crippen LogP contribution in [0.25, 0.3) is 0 Å². The average Bonchev–Trinajstić information content (AvgIpc) is 3.42. The maximum absolute atomic E-state index is 14.4. The third-order valence-electron chi connectivity index (χ3n) is 8.02. The van der Waals surface area contributed by atoms with E-state index in [1.54, 1.807) is 17.9 Å². The third-order valence-corrected chi connectivity index (χ3v) is 8.02. The number of rotatable bonds is 9. The van der Waals surface area contributed by atoms with Crippen molar-refractivity contribution in [2.75, 3.05) is 24.7 Å². The van der Waals surface area contributed by atoms with E-state index >= 15 is 0 Å². The van der Waals surface area contributed by atoms with Gasteiger partial charge in [-0.2, -0.15) is 0 Å². The number of benzene rings is 1. The van der Waals surface area contributed by atoms with Crippen LogP contribution in [0.15, 0.2) is 43.5 Å². The zero-order chi connectivity index (χ0) is 26.4. The molecule has 3 saturated heterocycles. The number of aryl methyl sites for hydroxylation is 2. The number of hydrogen-bond acceptors (Lipinski definition) is 6. The monoisotopic (exact) mass is 496 g/mol. The highest BCUT2D eigenvalue weighted by Gasteiger charge is 2.79. The molecule has 36 heavy (non-hydrogen) atoms. The lowest BCUT2D eigenvalue weighted by Gasteiger charge is -2.39. The lowest BCUT2D eigenvalue weighted by atomic mass is 9.66. The summed E-state index contributed by atoms with van der Waals surface area (Å²) in [5, 5.41) is 10.0. The maximum atomic E-state index is 14.4. The van der Waals surface area contributed by atoms with Gasteiger partial charge in [-0.3, -0.25) is 14.4 Å². The molecule has 1 aromatic rings. The van der Waals surface area contributed by atoms with Crippen LogP contribution in [-0.2, 0) is 23.9 Å². The molecule has 8 heteroatoms. The normalized spacial score (nSPS) is 31.2. The largest absolute Gasteiger partial charge is 0.461 e. The predicted molar refractivity (Wildman–Crippen MR) is 135 cm³/mol. The smallest absolute Gasteiger partial charge is 0.313 e. The Labute approximate surface area is 212 Å². The van der Waals surface area contributed by atoms with E-state index in [0.29, 0.717) is 12.8 Å². The number of amides is 2.